The SMILES string of the molecule is CC1CN(S(=O)(=O)c2cc(Cl)c(Br)s2)CC1N(C)C. The Morgan fingerprint density at radius 2 is 2.11 bits per heavy atom. The van der Waals surface area contributed by atoms with Crippen LogP contribution in [0, 0.1) is 5.92 Å². The van der Waals surface area contributed by atoms with Gasteiger partial charge in [-0.2, -0.15) is 4.31 Å². The van der Waals surface area contributed by atoms with Crippen LogP contribution < -0.4 is 0 Å². The highest BCUT2D eigenvalue weighted by Crippen LogP contribution is 2.37. The van der Waals surface area contributed by atoms with Gasteiger partial charge in [0.2, 0.25) is 0 Å². The lowest BCUT2D eigenvalue weighted by Gasteiger charge is -2.22. The van der Waals surface area contributed by atoms with Crippen molar-refractivity contribution in [2.24, 2.45) is 5.92 Å². The van der Waals surface area contributed by atoms with Crippen molar-refractivity contribution >= 4 is 48.9 Å². The van der Waals surface area contributed by atoms with Gasteiger partial charge in [-0.3, -0.25) is 0 Å². The minimum atomic E-state index is -3.43. The fraction of sp³-hybridized carbons (Fsp3) is 0.636. The van der Waals surface area contributed by atoms with E-state index in [2.05, 4.69) is 27.8 Å². The Labute approximate surface area is 131 Å². The second-order valence-electron chi connectivity index (χ2n) is 5.02. The first kappa shape index (κ1) is 15.7. The zero-order valence-corrected chi connectivity index (χ0v) is 14.9. The first-order valence-electron chi connectivity index (χ1n) is 5.85. The monoisotopic (exact) mass is 386 g/mol. The molecule has 1 aromatic rings. The number of halogens is 2. The Morgan fingerprint density at radius 1 is 1.47 bits per heavy atom. The molecule has 2 heterocycles. The maximum absolute atomic E-state index is 12.6. The summed E-state index contributed by atoms with van der Waals surface area (Å²) in [6.45, 7) is 3.17. The summed E-state index contributed by atoms with van der Waals surface area (Å²) >= 11 is 10.3. The molecule has 8 heteroatoms. The van der Waals surface area contributed by atoms with Crippen molar-refractivity contribution in [2.75, 3.05) is 27.2 Å². The Balaban J connectivity index is 2.27. The fourth-order valence-electron chi connectivity index (χ4n) is 2.36. The third-order valence-corrected chi connectivity index (χ3v) is 8.17. The third-order valence-electron chi connectivity index (χ3n) is 3.42. The van der Waals surface area contributed by atoms with E-state index in [1.165, 1.54) is 6.07 Å². The van der Waals surface area contributed by atoms with Crippen molar-refractivity contribution in [3.63, 3.8) is 0 Å². The lowest BCUT2D eigenvalue weighted by Crippen LogP contribution is -2.35. The molecule has 0 aliphatic carbocycles. The molecule has 0 radical (unpaired) electrons. The zero-order valence-electron chi connectivity index (χ0n) is 10.9. The summed E-state index contributed by atoms with van der Waals surface area (Å²) < 4.78 is 27.6. The van der Waals surface area contributed by atoms with Crippen molar-refractivity contribution in [1.82, 2.24) is 9.21 Å². The highest BCUT2D eigenvalue weighted by molar-refractivity contribution is 9.11. The molecule has 2 atom stereocenters. The van der Waals surface area contributed by atoms with Gasteiger partial charge in [-0.05, 0) is 42.0 Å². The van der Waals surface area contributed by atoms with E-state index in [9.17, 15) is 8.42 Å². The van der Waals surface area contributed by atoms with E-state index in [1.54, 1.807) is 4.31 Å². The Hall–Kier alpha value is 0.340. The summed E-state index contributed by atoms with van der Waals surface area (Å²) in [5, 5.41) is 0.444. The van der Waals surface area contributed by atoms with Gasteiger partial charge >= 0.3 is 0 Å². The van der Waals surface area contributed by atoms with E-state index in [0.717, 1.165) is 11.3 Å². The van der Waals surface area contributed by atoms with E-state index < -0.39 is 10.0 Å². The van der Waals surface area contributed by atoms with E-state index in [-0.39, 0.29) is 6.04 Å². The van der Waals surface area contributed by atoms with Crippen molar-refractivity contribution in [2.45, 2.75) is 17.2 Å². The maximum atomic E-state index is 12.6. The molecule has 1 aliphatic heterocycles. The first-order chi connectivity index (χ1) is 8.73. The van der Waals surface area contributed by atoms with Crippen LogP contribution in [0.2, 0.25) is 5.02 Å². The Bertz CT molecular complexity index is 554. The van der Waals surface area contributed by atoms with Crippen molar-refractivity contribution in [3.8, 4) is 0 Å². The van der Waals surface area contributed by atoms with Crippen molar-refractivity contribution in [1.29, 1.82) is 0 Å². The number of hydrogen-bond acceptors (Lipinski definition) is 4. The number of rotatable bonds is 3. The predicted octanol–water partition coefficient (Wildman–Crippen LogP) is 2.73. The highest BCUT2D eigenvalue weighted by Gasteiger charge is 2.38. The van der Waals surface area contributed by atoms with Crippen LogP contribution in [-0.2, 0) is 10.0 Å². The van der Waals surface area contributed by atoms with E-state index in [1.807, 2.05) is 14.1 Å². The number of nitrogens with zero attached hydrogens (tertiary/aromatic N) is 2. The maximum Gasteiger partial charge on any atom is 0.252 e. The average Bonchev–Trinajstić information content (AvgIpc) is 2.84. The van der Waals surface area contributed by atoms with E-state index >= 15 is 0 Å². The van der Waals surface area contributed by atoms with Crippen LogP contribution in [-0.4, -0.2) is 50.8 Å². The molecule has 0 spiro atoms. The summed E-state index contributed by atoms with van der Waals surface area (Å²) in [4.78, 5) is 2.08. The van der Waals surface area contributed by atoms with Crippen LogP contribution in [0.5, 0.6) is 0 Å². The average molecular weight is 388 g/mol. The van der Waals surface area contributed by atoms with Gasteiger partial charge in [-0.1, -0.05) is 18.5 Å². The van der Waals surface area contributed by atoms with E-state index in [0.29, 0.717) is 32.0 Å². The zero-order chi connectivity index (χ0) is 14.4. The Kier molecular flexibility index (Phi) is 4.65. The molecule has 0 saturated carbocycles. The predicted molar refractivity (Wildman–Crippen MR) is 82.4 cm³/mol. The van der Waals surface area contributed by atoms with Crippen LogP contribution in [0.4, 0.5) is 0 Å². The number of sulfonamides is 1. The topological polar surface area (TPSA) is 40.6 Å². The molecule has 19 heavy (non-hydrogen) atoms. The lowest BCUT2D eigenvalue weighted by molar-refractivity contribution is 0.263. The molecule has 0 aromatic carbocycles. The molecule has 2 rings (SSSR count). The third kappa shape index (κ3) is 3.01. The second-order valence-corrected chi connectivity index (χ2v) is 9.96. The molecule has 1 aliphatic rings. The molecule has 1 aromatic heterocycles. The summed E-state index contributed by atoms with van der Waals surface area (Å²) in [6.07, 6.45) is 0. The molecule has 0 amide bonds. The van der Waals surface area contributed by atoms with Crippen LogP contribution >= 0.6 is 38.9 Å². The fourth-order valence-corrected chi connectivity index (χ4v) is 6.47. The lowest BCUT2D eigenvalue weighted by atomic mass is 10.1. The Morgan fingerprint density at radius 3 is 2.53 bits per heavy atom. The van der Waals surface area contributed by atoms with Crippen LogP contribution in [0.3, 0.4) is 0 Å². The molecule has 0 N–H and O–H groups in total. The standard InChI is InChI=1S/C11H16BrClN2O2S2/c1-7-5-15(6-9(7)14(2)3)19(16,17)10-4-8(13)11(12)18-10/h4,7,9H,5-6H2,1-3H3. The summed E-state index contributed by atoms with van der Waals surface area (Å²) in [5.74, 6) is 0.323. The number of thiophene rings is 1. The largest absolute Gasteiger partial charge is 0.305 e. The molecule has 2 unspecified atom stereocenters. The molecule has 4 nitrogen and oxygen atoms in total. The molecular weight excluding hydrogens is 372 g/mol. The van der Waals surface area contributed by atoms with Gasteiger partial charge in [-0.25, -0.2) is 8.42 Å². The summed E-state index contributed by atoms with van der Waals surface area (Å²) in [6, 6.07) is 1.77. The minimum absolute atomic E-state index is 0.258. The first-order valence-corrected chi connectivity index (χ1v) is 9.27. The molecule has 0 bridgehead atoms. The second kappa shape index (κ2) is 5.61. The van der Waals surface area contributed by atoms with Gasteiger partial charge in [0, 0.05) is 19.1 Å². The van der Waals surface area contributed by atoms with Gasteiger partial charge in [-0.15, -0.1) is 11.3 Å². The van der Waals surface area contributed by atoms with Crippen molar-refractivity contribution in [3.05, 3.63) is 14.9 Å². The molecule has 1 fully saturated rings. The van der Waals surface area contributed by atoms with Crippen molar-refractivity contribution < 1.29 is 8.42 Å². The van der Waals surface area contributed by atoms with Gasteiger partial charge in [0.15, 0.2) is 0 Å². The normalized spacial score (nSPS) is 25.4. The molecular formula is C11H16BrClN2O2S2. The van der Waals surface area contributed by atoms with E-state index in [4.69, 9.17) is 11.6 Å². The molecule has 1 saturated heterocycles. The van der Waals surface area contributed by atoms with Gasteiger partial charge in [0.1, 0.15) is 4.21 Å². The summed E-state index contributed by atoms with van der Waals surface area (Å²) in [5.41, 5.74) is 0. The van der Waals surface area contributed by atoms with Crippen LogP contribution in [0.15, 0.2) is 14.1 Å². The summed E-state index contributed by atoms with van der Waals surface area (Å²) in [7, 11) is 0.535. The number of likely N-dealkylation sites (N-methyl/N-ethyl adjacent to an activating group) is 1. The van der Waals surface area contributed by atoms with Crippen LogP contribution in [0.25, 0.3) is 0 Å². The minimum Gasteiger partial charge on any atom is -0.305 e. The highest BCUT2D eigenvalue weighted by atomic mass is 79.9. The van der Waals surface area contributed by atoms with Crippen LogP contribution in [0.1, 0.15) is 6.92 Å². The number of hydrogen-bond donors (Lipinski definition) is 0. The quantitative estimate of drug-likeness (QED) is 0.800. The van der Waals surface area contributed by atoms with Gasteiger partial charge in [0.25, 0.3) is 10.0 Å². The van der Waals surface area contributed by atoms with Gasteiger partial charge < -0.3 is 4.90 Å². The molecule has 108 valence electrons. The smallest absolute Gasteiger partial charge is 0.252 e. The van der Waals surface area contributed by atoms with Gasteiger partial charge in [0.05, 0.1) is 8.81 Å².